The van der Waals surface area contributed by atoms with Crippen LogP contribution < -0.4 is 0 Å². The molecule has 0 aromatic carbocycles. The Morgan fingerprint density at radius 1 is 1.40 bits per heavy atom. The molecule has 0 aliphatic carbocycles. The largest absolute Gasteiger partial charge is 0.481 e. The molecule has 6 nitrogen and oxygen atoms in total. The van der Waals surface area contributed by atoms with E-state index in [1.807, 2.05) is 22.9 Å². The van der Waals surface area contributed by atoms with Gasteiger partial charge in [0.25, 0.3) is 0 Å². The van der Waals surface area contributed by atoms with Crippen molar-refractivity contribution < 1.29 is 9.90 Å². The Kier molecular flexibility index (Phi) is 3.19. The van der Waals surface area contributed by atoms with Crippen LogP contribution in [-0.4, -0.2) is 30.4 Å². The second-order valence-corrected chi connectivity index (χ2v) is 5.23. The van der Waals surface area contributed by atoms with Gasteiger partial charge < -0.3 is 5.11 Å². The van der Waals surface area contributed by atoms with Crippen molar-refractivity contribution in [3.63, 3.8) is 0 Å². The maximum absolute atomic E-state index is 10.7. The van der Waals surface area contributed by atoms with Crippen molar-refractivity contribution in [2.24, 2.45) is 0 Å². The van der Waals surface area contributed by atoms with Crippen molar-refractivity contribution in [3.8, 4) is 11.4 Å². The number of aryl methyl sites for hydroxylation is 2. The molecule has 0 fully saturated rings. The van der Waals surface area contributed by atoms with E-state index >= 15 is 0 Å². The minimum Gasteiger partial charge on any atom is -0.481 e. The van der Waals surface area contributed by atoms with E-state index in [0.717, 1.165) is 27.7 Å². The summed E-state index contributed by atoms with van der Waals surface area (Å²) in [6, 6.07) is 0. The molecule has 0 radical (unpaired) electrons. The molecule has 0 unspecified atom stereocenters. The lowest BCUT2D eigenvalue weighted by Gasteiger charge is -1.98. The lowest BCUT2D eigenvalue weighted by molar-refractivity contribution is -0.136. The van der Waals surface area contributed by atoms with Gasteiger partial charge in [0.2, 0.25) is 0 Å². The summed E-state index contributed by atoms with van der Waals surface area (Å²) in [6.07, 6.45) is 5.78. The third-order valence-corrected chi connectivity index (χ3v) is 3.89. The number of hydrogen-bond acceptors (Lipinski definition) is 5. The molecule has 1 N–H and O–H groups in total. The second-order valence-electron chi connectivity index (χ2n) is 4.39. The highest BCUT2D eigenvalue weighted by Gasteiger charge is 2.13. The monoisotopic (exact) mass is 288 g/mol. The summed E-state index contributed by atoms with van der Waals surface area (Å²) >= 11 is 1.50. The Labute approximate surface area is 118 Å². The lowest BCUT2D eigenvalue weighted by Crippen LogP contribution is -1.99. The molecule has 0 aliphatic rings. The predicted molar refractivity (Wildman–Crippen MR) is 74.8 cm³/mol. The molecular formula is C13H12N4O2S. The maximum atomic E-state index is 10.7. The van der Waals surface area contributed by atoms with Gasteiger partial charge in [-0.2, -0.15) is 0 Å². The molecule has 20 heavy (non-hydrogen) atoms. The van der Waals surface area contributed by atoms with Gasteiger partial charge >= 0.3 is 5.97 Å². The molecule has 7 heteroatoms. The van der Waals surface area contributed by atoms with Crippen molar-refractivity contribution in [2.75, 3.05) is 0 Å². The number of carbonyl (C=O) groups is 1. The molecule has 0 spiro atoms. The zero-order chi connectivity index (χ0) is 14.1. The maximum Gasteiger partial charge on any atom is 0.303 e. The summed E-state index contributed by atoms with van der Waals surface area (Å²) in [5.41, 5.74) is 3.30. The Morgan fingerprint density at radius 2 is 2.20 bits per heavy atom. The van der Waals surface area contributed by atoms with E-state index in [9.17, 15) is 4.79 Å². The van der Waals surface area contributed by atoms with Crippen LogP contribution in [0.2, 0.25) is 0 Å². The smallest absolute Gasteiger partial charge is 0.303 e. The van der Waals surface area contributed by atoms with Gasteiger partial charge in [0.05, 0.1) is 12.1 Å². The van der Waals surface area contributed by atoms with Crippen molar-refractivity contribution in [1.29, 1.82) is 0 Å². The van der Waals surface area contributed by atoms with E-state index in [4.69, 9.17) is 5.11 Å². The van der Waals surface area contributed by atoms with Crippen molar-refractivity contribution in [2.45, 2.75) is 19.8 Å². The number of hydrogen-bond donors (Lipinski definition) is 1. The molecule has 3 aromatic rings. The number of fused-ring (bicyclic) bond motifs is 1. The topological polar surface area (TPSA) is 80.4 Å². The molecular weight excluding hydrogens is 276 g/mol. The number of nitrogens with zero attached hydrogens (tertiary/aromatic N) is 4. The Balaban J connectivity index is 1.99. The lowest BCUT2D eigenvalue weighted by atomic mass is 10.2. The number of imidazole rings is 1. The van der Waals surface area contributed by atoms with E-state index in [1.165, 1.54) is 11.3 Å². The minimum absolute atomic E-state index is 0.115. The average Bonchev–Trinajstić information content (AvgIpc) is 2.97. The Morgan fingerprint density at radius 3 is 2.95 bits per heavy atom. The van der Waals surface area contributed by atoms with Crippen LogP contribution in [-0.2, 0) is 11.2 Å². The third-order valence-electron chi connectivity index (χ3n) is 3.00. The molecule has 0 aliphatic heterocycles. The van der Waals surface area contributed by atoms with Crippen LogP contribution in [0.5, 0.6) is 0 Å². The Hall–Kier alpha value is -2.28. The standard InChI is InChI=1S/C13H12N4O2S/c1-8-12(15-5-4-14-8)10-6-17-9(2-3-11(18)19)7-20-13(17)16-10/h4-7H,2-3H2,1H3,(H,18,19). The van der Waals surface area contributed by atoms with Gasteiger partial charge in [-0.3, -0.25) is 19.2 Å². The third kappa shape index (κ3) is 2.27. The van der Waals surface area contributed by atoms with Crippen LogP contribution in [0.4, 0.5) is 0 Å². The number of thiazole rings is 1. The van der Waals surface area contributed by atoms with Gasteiger partial charge in [-0.15, -0.1) is 11.3 Å². The molecule has 102 valence electrons. The Bertz CT molecular complexity index is 778. The van der Waals surface area contributed by atoms with E-state index in [-0.39, 0.29) is 6.42 Å². The average molecular weight is 288 g/mol. The second kappa shape index (κ2) is 5.01. The highest BCUT2D eigenvalue weighted by atomic mass is 32.1. The van der Waals surface area contributed by atoms with E-state index < -0.39 is 5.97 Å². The van der Waals surface area contributed by atoms with Crippen LogP contribution in [0.1, 0.15) is 17.8 Å². The van der Waals surface area contributed by atoms with Crippen molar-refractivity contribution in [3.05, 3.63) is 35.4 Å². The predicted octanol–water partition coefficient (Wildman–Crippen LogP) is 2.18. The first-order chi connectivity index (χ1) is 9.65. The molecule has 0 atom stereocenters. The highest BCUT2D eigenvalue weighted by Crippen LogP contribution is 2.24. The number of carboxylic acid groups (broad SMARTS) is 1. The van der Waals surface area contributed by atoms with E-state index in [1.54, 1.807) is 12.4 Å². The fourth-order valence-electron chi connectivity index (χ4n) is 2.02. The van der Waals surface area contributed by atoms with Gasteiger partial charge in [-0.05, 0) is 13.3 Å². The van der Waals surface area contributed by atoms with Gasteiger partial charge in [-0.25, -0.2) is 4.98 Å². The number of aliphatic carboxylic acids is 1. The number of carboxylic acids is 1. The van der Waals surface area contributed by atoms with Gasteiger partial charge in [0.15, 0.2) is 4.96 Å². The van der Waals surface area contributed by atoms with Crippen LogP contribution >= 0.6 is 11.3 Å². The summed E-state index contributed by atoms with van der Waals surface area (Å²) in [4.78, 5) is 24.5. The summed E-state index contributed by atoms with van der Waals surface area (Å²) in [7, 11) is 0. The first-order valence-electron chi connectivity index (χ1n) is 6.10. The van der Waals surface area contributed by atoms with Crippen molar-refractivity contribution in [1.82, 2.24) is 19.4 Å². The molecule has 0 saturated carbocycles. The molecule has 0 amide bonds. The first kappa shape index (κ1) is 12.7. The molecule has 3 aromatic heterocycles. The highest BCUT2D eigenvalue weighted by molar-refractivity contribution is 7.15. The molecule has 3 heterocycles. The summed E-state index contributed by atoms with van der Waals surface area (Å²) in [5, 5.41) is 10.7. The SMILES string of the molecule is Cc1nccnc1-c1cn2c(CCC(=O)O)csc2n1. The minimum atomic E-state index is -0.797. The van der Waals surface area contributed by atoms with E-state index in [2.05, 4.69) is 15.0 Å². The zero-order valence-electron chi connectivity index (χ0n) is 10.8. The molecule has 3 rings (SSSR count). The summed E-state index contributed by atoms with van der Waals surface area (Å²) in [6.45, 7) is 1.89. The molecule has 0 bridgehead atoms. The van der Waals surface area contributed by atoms with Crippen molar-refractivity contribution >= 4 is 22.3 Å². The fraction of sp³-hybridized carbons (Fsp3) is 0.231. The van der Waals surface area contributed by atoms with Crippen LogP contribution in [0.25, 0.3) is 16.3 Å². The zero-order valence-corrected chi connectivity index (χ0v) is 11.6. The van der Waals surface area contributed by atoms with Crippen LogP contribution in [0.3, 0.4) is 0 Å². The van der Waals surface area contributed by atoms with Gasteiger partial charge in [0.1, 0.15) is 11.4 Å². The quantitative estimate of drug-likeness (QED) is 0.796. The normalized spacial score (nSPS) is 11.1. The first-order valence-corrected chi connectivity index (χ1v) is 6.98. The van der Waals surface area contributed by atoms with Gasteiger partial charge in [-0.1, -0.05) is 0 Å². The molecule has 0 saturated heterocycles. The van der Waals surface area contributed by atoms with Crippen LogP contribution in [0, 0.1) is 6.92 Å². The fourth-order valence-corrected chi connectivity index (χ4v) is 2.92. The number of rotatable bonds is 4. The summed E-state index contributed by atoms with van der Waals surface area (Å²) in [5.74, 6) is -0.797. The number of aromatic nitrogens is 4. The van der Waals surface area contributed by atoms with Gasteiger partial charge in [0, 0.05) is 29.7 Å². The van der Waals surface area contributed by atoms with Crippen LogP contribution in [0.15, 0.2) is 24.0 Å². The van der Waals surface area contributed by atoms with E-state index in [0.29, 0.717) is 6.42 Å². The summed E-state index contributed by atoms with van der Waals surface area (Å²) < 4.78 is 1.93.